The molecule has 1 aliphatic heterocycles. The number of nitrogens with zero attached hydrogens (tertiary/aromatic N) is 3. The van der Waals surface area contributed by atoms with Gasteiger partial charge >= 0.3 is 0 Å². The summed E-state index contributed by atoms with van der Waals surface area (Å²) in [5.74, 6) is 2.47. The first-order valence-corrected chi connectivity index (χ1v) is 10.8. The molecular formula is C24H35N5O2. The highest BCUT2D eigenvalue weighted by molar-refractivity contribution is 5.80. The van der Waals surface area contributed by atoms with Crippen molar-refractivity contribution in [3.63, 3.8) is 0 Å². The Morgan fingerprint density at radius 1 is 1.10 bits per heavy atom. The summed E-state index contributed by atoms with van der Waals surface area (Å²) in [5.41, 5.74) is 3.50. The lowest BCUT2D eigenvalue weighted by molar-refractivity contribution is 0.394. The van der Waals surface area contributed by atoms with Crippen LogP contribution in [0.4, 0.5) is 11.4 Å². The molecule has 0 amide bonds. The van der Waals surface area contributed by atoms with E-state index < -0.39 is 0 Å². The van der Waals surface area contributed by atoms with Gasteiger partial charge in [0.2, 0.25) is 0 Å². The van der Waals surface area contributed by atoms with Gasteiger partial charge in [0, 0.05) is 69.3 Å². The fraction of sp³-hybridized carbons (Fsp3) is 0.458. The van der Waals surface area contributed by atoms with Crippen LogP contribution < -0.4 is 29.9 Å². The molecule has 2 aromatic rings. The largest absolute Gasteiger partial charge is 0.497 e. The average Bonchev–Trinajstić information content (AvgIpc) is 3.26. The summed E-state index contributed by atoms with van der Waals surface area (Å²) >= 11 is 0. The molecule has 0 bridgehead atoms. The summed E-state index contributed by atoms with van der Waals surface area (Å²) in [4.78, 5) is 9.25. The number of hydrogen-bond acceptors (Lipinski definition) is 5. The van der Waals surface area contributed by atoms with Crippen molar-refractivity contribution in [1.29, 1.82) is 0 Å². The molecule has 7 nitrogen and oxygen atoms in total. The molecule has 0 aromatic heterocycles. The zero-order valence-corrected chi connectivity index (χ0v) is 19.3. The van der Waals surface area contributed by atoms with Crippen LogP contribution in [0.15, 0.2) is 47.5 Å². The van der Waals surface area contributed by atoms with Gasteiger partial charge in [0.15, 0.2) is 5.96 Å². The fourth-order valence-corrected chi connectivity index (χ4v) is 3.67. The molecule has 0 spiro atoms. The Kier molecular flexibility index (Phi) is 7.87. The van der Waals surface area contributed by atoms with E-state index in [4.69, 9.17) is 14.5 Å². The van der Waals surface area contributed by atoms with Crippen LogP contribution in [-0.4, -0.2) is 60.0 Å². The van der Waals surface area contributed by atoms with Gasteiger partial charge in [-0.25, -0.2) is 4.99 Å². The molecule has 7 heteroatoms. The van der Waals surface area contributed by atoms with Crippen LogP contribution in [0.1, 0.15) is 18.9 Å². The summed E-state index contributed by atoms with van der Waals surface area (Å²) in [6.07, 6.45) is 1.04. The van der Waals surface area contributed by atoms with Crippen molar-refractivity contribution in [2.24, 2.45) is 4.99 Å². The molecule has 1 unspecified atom stereocenters. The van der Waals surface area contributed by atoms with Gasteiger partial charge in [0.1, 0.15) is 11.5 Å². The lowest BCUT2D eigenvalue weighted by Crippen LogP contribution is -2.44. The van der Waals surface area contributed by atoms with E-state index >= 15 is 0 Å². The van der Waals surface area contributed by atoms with Crippen molar-refractivity contribution in [3.05, 3.63) is 48.0 Å². The van der Waals surface area contributed by atoms with Crippen LogP contribution in [0, 0.1) is 0 Å². The van der Waals surface area contributed by atoms with Crippen molar-refractivity contribution < 1.29 is 9.47 Å². The topological polar surface area (TPSA) is 61.4 Å². The molecule has 2 aromatic carbocycles. The van der Waals surface area contributed by atoms with Gasteiger partial charge in [-0.3, -0.25) is 0 Å². The number of ether oxygens (including phenoxy) is 2. The zero-order valence-electron chi connectivity index (χ0n) is 19.3. The summed E-state index contributed by atoms with van der Waals surface area (Å²) in [5, 5.41) is 6.97. The normalized spacial score (nSPS) is 16.2. The number of methoxy groups -OCH3 is 2. The van der Waals surface area contributed by atoms with Gasteiger partial charge in [0.05, 0.1) is 20.8 Å². The summed E-state index contributed by atoms with van der Waals surface area (Å²) in [6, 6.07) is 14.9. The first-order chi connectivity index (χ1) is 15.0. The Balaban J connectivity index is 1.62. The van der Waals surface area contributed by atoms with Crippen molar-refractivity contribution in [2.75, 3.05) is 57.7 Å². The Morgan fingerprint density at radius 2 is 1.77 bits per heavy atom. The third kappa shape index (κ3) is 6.20. The summed E-state index contributed by atoms with van der Waals surface area (Å²) in [7, 11) is 7.46. The second kappa shape index (κ2) is 10.8. The van der Waals surface area contributed by atoms with E-state index in [-0.39, 0.29) is 0 Å². The van der Waals surface area contributed by atoms with Crippen molar-refractivity contribution in [3.8, 4) is 11.5 Å². The van der Waals surface area contributed by atoms with Gasteiger partial charge in [0.25, 0.3) is 0 Å². The van der Waals surface area contributed by atoms with E-state index in [1.54, 1.807) is 14.2 Å². The van der Waals surface area contributed by atoms with Crippen LogP contribution >= 0.6 is 0 Å². The predicted molar refractivity (Wildman–Crippen MR) is 129 cm³/mol. The van der Waals surface area contributed by atoms with Gasteiger partial charge in [-0.05, 0) is 31.0 Å². The first-order valence-electron chi connectivity index (χ1n) is 10.8. The summed E-state index contributed by atoms with van der Waals surface area (Å²) < 4.78 is 10.8. The van der Waals surface area contributed by atoms with Crippen LogP contribution in [0.5, 0.6) is 11.5 Å². The van der Waals surface area contributed by atoms with E-state index in [9.17, 15) is 0 Å². The van der Waals surface area contributed by atoms with Crippen LogP contribution in [0.2, 0.25) is 0 Å². The van der Waals surface area contributed by atoms with E-state index in [0.29, 0.717) is 12.6 Å². The fourth-order valence-electron chi connectivity index (χ4n) is 3.67. The first kappa shape index (κ1) is 22.6. The smallest absolute Gasteiger partial charge is 0.191 e. The highest BCUT2D eigenvalue weighted by atomic mass is 16.5. The lowest BCUT2D eigenvalue weighted by atomic mass is 10.2. The third-order valence-corrected chi connectivity index (χ3v) is 5.45. The molecule has 168 valence electrons. The number of guanidine groups is 1. The number of anilines is 2. The Labute approximate surface area is 186 Å². The maximum atomic E-state index is 5.42. The molecular weight excluding hydrogens is 390 g/mol. The SMILES string of the molecule is CCNC(=NCc1ccc(N(C)C)cc1)NC1CCN(c2cc(OC)cc(OC)c2)C1. The second-order valence-electron chi connectivity index (χ2n) is 7.90. The number of aliphatic imine (C=N–C) groups is 1. The minimum atomic E-state index is 0.325. The predicted octanol–water partition coefficient (Wildman–Crippen LogP) is 3.10. The van der Waals surface area contributed by atoms with E-state index in [1.807, 2.05) is 20.2 Å². The molecule has 1 heterocycles. The molecule has 1 aliphatic rings. The van der Waals surface area contributed by atoms with E-state index in [1.165, 1.54) is 11.3 Å². The van der Waals surface area contributed by atoms with Gasteiger partial charge in [-0.1, -0.05) is 12.1 Å². The second-order valence-corrected chi connectivity index (χ2v) is 7.90. The van der Waals surface area contributed by atoms with Crippen molar-refractivity contribution in [1.82, 2.24) is 10.6 Å². The molecule has 1 atom stereocenters. The molecule has 2 N–H and O–H groups in total. The standard InChI is InChI=1S/C24H35N5O2/c1-6-25-24(26-16-18-7-9-20(10-8-18)28(2)3)27-19-11-12-29(17-19)21-13-22(30-4)15-23(14-21)31-5/h7-10,13-15,19H,6,11-12,16-17H2,1-5H3,(H2,25,26,27). The molecule has 3 rings (SSSR count). The highest BCUT2D eigenvalue weighted by Gasteiger charge is 2.24. The average molecular weight is 426 g/mol. The molecule has 0 radical (unpaired) electrons. The molecule has 1 fully saturated rings. The highest BCUT2D eigenvalue weighted by Crippen LogP contribution is 2.30. The van der Waals surface area contributed by atoms with Gasteiger partial charge < -0.3 is 29.9 Å². The molecule has 1 saturated heterocycles. The third-order valence-electron chi connectivity index (χ3n) is 5.45. The van der Waals surface area contributed by atoms with Crippen LogP contribution in [-0.2, 0) is 6.54 Å². The minimum absolute atomic E-state index is 0.325. The van der Waals surface area contributed by atoms with Gasteiger partial charge in [-0.2, -0.15) is 0 Å². The Bertz CT molecular complexity index is 845. The number of benzene rings is 2. The molecule has 0 aliphatic carbocycles. The quantitative estimate of drug-likeness (QED) is 0.501. The van der Waals surface area contributed by atoms with Gasteiger partial charge in [-0.15, -0.1) is 0 Å². The minimum Gasteiger partial charge on any atom is -0.497 e. The van der Waals surface area contributed by atoms with Crippen LogP contribution in [0.25, 0.3) is 0 Å². The Morgan fingerprint density at radius 3 is 2.35 bits per heavy atom. The lowest BCUT2D eigenvalue weighted by Gasteiger charge is -2.21. The van der Waals surface area contributed by atoms with Crippen LogP contribution in [0.3, 0.4) is 0 Å². The zero-order chi connectivity index (χ0) is 22.2. The maximum absolute atomic E-state index is 5.42. The maximum Gasteiger partial charge on any atom is 0.191 e. The monoisotopic (exact) mass is 425 g/mol. The van der Waals surface area contributed by atoms with Crippen molar-refractivity contribution in [2.45, 2.75) is 25.9 Å². The summed E-state index contributed by atoms with van der Waals surface area (Å²) in [6.45, 7) is 5.44. The van der Waals surface area contributed by atoms with Crippen molar-refractivity contribution >= 4 is 17.3 Å². The number of rotatable bonds is 8. The number of nitrogens with one attached hydrogen (secondary N) is 2. The van der Waals surface area contributed by atoms with E-state index in [0.717, 1.165) is 49.2 Å². The van der Waals surface area contributed by atoms with E-state index in [2.05, 4.69) is 63.8 Å². The Hall–Kier alpha value is -3.09. The molecule has 31 heavy (non-hydrogen) atoms. The molecule has 0 saturated carbocycles. The number of hydrogen-bond donors (Lipinski definition) is 2.